The maximum absolute atomic E-state index is 12.3. The molecule has 1 aromatic carbocycles. The summed E-state index contributed by atoms with van der Waals surface area (Å²) in [4.78, 5) is 25.8. The molecule has 2 N–H and O–H groups in total. The van der Waals surface area contributed by atoms with Gasteiger partial charge in [-0.2, -0.15) is 0 Å². The van der Waals surface area contributed by atoms with E-state index in [2.05, 4.69) is 10.6 Å². The summed E-state index contributed by atoms with van der Waals surface area (Å²) in [5.41, 5.74) is 0.746. The summed E-state index contributed by atoms with van der Waals surface area (Å²) < 4.78 is 0. The van der Waals surface area contributed by atoms with Crippen molar-refractivity contribution in [3.8, 4) is 0 Å². The molecule has 2 rings (SSSR count). The molecule has 5 nitrogen and oxygen atoms in total. The summed E-state index contributed by atoms with van der Waals surface area (Å²) in [6, 6.07) is 9.12. The van der Waals surface area contributed by atoms with Crippen LogP contribution in [0.2, 0.25) is 0 Å². The van der Waals surface area contributed by atoms with Crippen molar-refractivity contribution >= 4 is 17.5 Å². The number of nitrogens with zero attached hydrogens (tertiary/aromatic N) is 1. The zero-order valence-corrected chi connectivity index (χ0v) is 12.5. The van der Waals surface area contributed by atoms with E-state index in [0.29, 0.717) is 0 Å². The molecule has 1 aliphatic heterocycles. The maximum Gasteiger partial charge on any atom is 0.243 e. The molecule has 1 heterocycles. The standard InChI is InChI=1S/C16H23N3O2/c1-19(16(21)14-10-6-3-7-11-17-14)12-15(20)18-13-8-4-2-5-9-13/h2,4-5,8-9,14,17H,3,6-7,10-12H2,1H3,(H,18,20). The molecule has 1 aromatic rings. The smallest absolute Gasteiger partial charge is 0.243 e. The summed E-state index contributed by atoms with van der Waals surface area (Å²) in [6.07, 6.45) is 4.19. The van der Waals surface area contributed by atoms with Crippen LogP contribution >= 0.6 is 0 Å². The molecule has 0 radical (unpaired) electrons. The Labute approximate surface area is 125 Å². The largest absolute Gasteiger partial charge is 0.335 e. The Morgan fingerprint density at radius 2 is 2.00 bits per heavy atom. The van der Waals surface area contributed by atoms with Gasteiger partial charge in [-0.05, 0) is 31.5 Å². The van der Waals surface area contributed by atoms with Gasteiger partial charge in [-0.15, -0.1) is 0 Å². The average molecular weight is 289 g/mol. The number of amides is 2. The van der Waals surface area contributed by atoms with Crippen LogP contribution in [-0.4, -0.2) is 42.9 Å². The van der Waals surface area contributed by atoms with E-state index in [-0.39, 0.29) is 24.4 Å². The number of nitrogens with one attached hydrogen (secondary N) is 2. The highest BCUT2D eigenvalue weighted by atomic mass is 16.2. The van der Waals surface area contributed by atoms with Gasteiger partial charge in [0.05, 0.1) is 12.6 Å². The minimum atomic E-state index is -0.175. The first-order chi connectivity index (χ1) is 10.2. The summed E-state index contributed by atoms with van der Waals surface area (Å²) in [5, 5.41) is 6.05. The molecular formula is C16H23N3O2. The number of hydrogen-bond acceptors (Lipinski definition) is 3. The number of hydrogen-bond donors (Lipinski definition) is 2. The van der Waals surface area contributed by atoms with Crippen molar-refractivity contribution in [3.63, 3.8) is 0 Å². The van der Waals surface area contributed by atoms with Crippen LogP contribution in [0.1, 0.15) is 25.7 Å². The van der Waals surface area contributed by atoms with E-state index in [0.717, 1.165) is 37.9 Å². The summed E-state index contributed by atoms with van der Waals surface area (Å²) >= 11 is 0. The number of carbonyl (C=O) groups excluding carboxylic acids is 2. The van der Waals surface area contributed by atoms with Gasteiger partial charge in [-0.1, -0.05) is 31.0 Å². The van der Waals surface area contributed by atoms with Crippen molar-refractivity contribution in [2.75, 3.05) is 25.5 Å². The van der Waals surface area contributed by atoms with Gasteiger partial charge >= 0.3 is 0 Å². The van der Waals surface area contributed by atoms with Crippen LogP contribution in [0.3, 0.4) is 0 Å². The van der Waals surface area contributed by atoms with Gasteiger partial charge in [0.15, 0.2) is 0 Å². The third-order valence-corrected chi connectivity index (χ3v) is 3.67. The number of rotatable bonds is 4. The van der Waals surface area contributed by atoms with Gasteiger partial charge in [-0.25, -0.2) is 0 Å². The second-order valence-electron chi connectivity index (χ2n) is 5.46. The van der Waals surface area contributed by atoms with Gasteiger partial charge in [0.1, 0.15) is 0 Å². The van der Waals surface area contributed by atoms with E-state index in [1.807, 2.05) is 30.3 Å². The second-order valence-corrected chi connectivity index (χ2v) is 5.46. The zero-order valence-electron chi connectivity index (χ0n) is 12.5. The lowest BCUT2D eigenvalue weighted by Gasteiger charge is -2.23. The third kappa shape index (κ3) is 4.86. The van der Waals surface area contributed by atoms with Crippen LogP contribution in [-0.2, 0) is 9.59 Å². The van der Waals surface area contributed by atoms with Crippen molar-refractivity contribution in [1.82, 2.24) is 10.2 Å². The SMILES string of the molecule is CN(CC(=O)Nc1ccccc1)C(=O)C1CCCCCN1. The Hall–Kier alpha value is -1.88. The zero-order chi connectivity index (χ0) is 15.1. The molecular weight excluding hydrogens is 266 g/mol. The van der Waals surface area contributed by atoms with Gasteiger partial charge in [0, 0.05) is 12.7 Å². The Morgan fingerprint density at radius 1 is 1.24 bits per heavy atom. The van der Waals surface area contributed by atoms with E-state index < -0.39 is 0 Å². The molecule has 5 heteroatoms. The lowest BCUT2D eigenvalue weighted by Crippen LogP contribution is -2.46. The summed E-state index contributed by atoms with van der Waals surface area (Å²) in [5.74, 6) is -0.175. The van der Waals surface area contributed by atoms with Gasteiger partial charge < -0.3 is 15.5 Å². The molecule has 1 fully saturated rings. The molecule has 0 spiro atoms. The molecule has 0 aliphatic carbocycles. The molecule has 0 bridgehead atoms. The van der Waals surface area contributed by atoms with Crippen LogP contribution < -0.4 is 10.6 Å². The molecule has 1 saturated heterocycles. The maximum atomic E-state index is 12.3. The van der Waals surface area contributed by atoms with E-state index in [1.54, 1.807) is 7.05 Å². The van der Waals surface area contributed by atoms with Crippen LogP contribution in [0.15, 0.2) is 30.3 Å². The molecule has 0 saturated carbocycles. The second kappa shape index (κ2) is 7.78. The van der Waals surface area contributed by atoms with Crippen molar-refractivity contribution in [2.24, 2.45) is 0 Å². The molecule has 1 aliphatic rings. The summed E-state index contributed by atoms with van der Waals surface area (Å²) in [7, 11) is 1.68. The molecule has 0 aromatic heterocycles. The first kappa shape index (κ1) is 15.5. The molecule has 21 heavy (non-hydrogen) atoms. The molecule has 2 amide bonds. The predicted molar refractivity (Wildman–Crippen MR) is 83.0 cm³/mol. The molecule has 114 valence electrons. The fourth-order valence-electron chi connectivity index (χ4n) is 2.52. The van der Waals surface area contributed by atoms with E-state index in [9.17, 15) is 9.59 Å². The fourth-order valence-corrected chi connectivity index (χ4v) is 2.52. The number of benzene rings is 1. The first-order valence-electron chi connectivity index (χ1n) is 7.50. The normalized spacial score (nSPS) is 18.6. The highest BCUT2D eigenvalue weighted by molar-refractivity contribution is 5.95. The Bertz CT molecular complexity index is 468. The quantitative estimate of drug-likeness (QED) is 0.885. The first-order valence-corrected chi connectivity index (χ1v) is 7.50. The molecule has 1 unspecified atom stereocenters. The van der Waals surface area contributed by atoms with Crippen LogP contribution in [0, 0.1) is 0 Å². The van der Waals surface area contributed by atoms with Gasteiger partial charge in [-0.3, -0.25) is 9.59 Å². The van der Waals surface area contributed by atoms with Crippen LogP contribution in [0.25, 0.3) is 0 Å². The Kier molecular flexibility index (Phi) is 5.75. The predicted octanol–water partition coefficient (Wildman–Crippen LogP) is 1.62. The van der Waals surface area contributed by atoms with Gasteiger partial charge in [0.2, 0.25) is 11.8 Å². The highest BCUT2D eigenvalue weighted by Gasteiger charge is 2.23. The number of para-hydroxylation sites is 1. The summed E-state index contributed by atoms with van der Waals surface area (Å²) in [6.45, 7) is 0.951. The Morgan fingerprint density at radius 3 is 2.76 bits per heavy atom. The minimum Gasteiger partial charge on any atom is -0.335 e. The fraction of sp³-hybridized carbons (Fsp3) is 0.500. The average Bonchev–Trinajstić information content (AvgIpc) is 2.76. The van der Waals surface area contributed by atoms with Crippen molar-refractivity contribution in [3.05, 3.63) is 30.3 Å². The number of anilines is 1. The lowest BCUT2D eigenvalue weighted by molar-refractivity contribution is -0.135. The topological polar surface area (TPSA) is 61.4 Å². The van der Waals surface area contributed by atoms with E-state index >= 15 is 0 Å². The van der Waals surface area contributed by atoms with Gasteiger partial charge in [0.25, 0.3) is 0 Å². The van der Waals surface area contributed by atoms with Crippen LogP contribution in [0.4, 0.5) is 5.69 Å². The van der Waals surface area contributed by atoms with E-state index in [4.69, 9.17) is 0 Å². The minimum absolute atomic E-state index is 0.000103. The number of carbonyl (C=O) groups is 2. The van der Waals surface area contributed by atoms with Crippen molar-refractivity contribution < 1.29 is 9.59 Å². The van der Waals surface area contributed by atoms with Crippen LogP contribution in [0.5, 0.6) is 0 Å². The monoisotopic (exact) mass is 289 g/mol. The Balaban J connectivity index is 1.83. The number of likely N-dealkylation sites (N-methyl/N-ethyl adjacent to an activating group) is 1. The van der Waals surface area contributed by atoms with E-state index in [1.165, 1.54) is 4.90 Å². The molecule has 1 atom stereocenters. The van der Waals surface area contributed by atoms with Crippen molar-refractivity contribution in [1.29, 1.82) is 0 Å². The lowest BCUT2D eigenvalue weighted by atomic mass is 10.1. The highest BCUT2D eigenvalue weighted by Crippen LogP contribution is 2.10. The van der Waals surface area contributed by atoms with Crippen molar-refractivity contribution in [2.45, 2.75) is 31.7 Å². The third-order valence-electron chi connectivity index (χ3n) is 3.67.